The molecule has 0 saturated carbocycles. The van der Waals surface area contributed by atoms with E-state index in [-0.39, 0.29) is 10.3 Å². The lowest BCUT2D eigenvalue weighted by Crippen LogP contribution is -2.20. The molecule has 5 heteroatoms. The Morgan fingerprint density at radius 1 is 0.806 bits per heavy atom. The number of nitrogens with one attached hydrogen (secondary N) is 1. The van der Waals surface area contributed by atoms with E-state index >= 15 is 0 Å². The van der Waals surface area contributed by atoms with Crippen LogP contribution in [0.15, 0.2) is 47.4 Å². The molecule has 0 unspecified atom stereocenters. The van der Waals surface area contributed by atoms with Crippen LogP contribution in [0.2, 0.25) is 0 Å². The van der Waals surface area contributed by atoms with Gasteiger partial charge in [0, 0.05) is 0 Å². The summed E-state index contributed by atoms with van der Waals surface area (Å²) in [5.41, 5.74) is 2.58. The number of unbranched alkanes of at least 4 members (excludes halogenated alkanes) is 7. The van der Waals surface area contributed by atoms with Crippen LogP contribution in [0, 0.1) is 0 Å². The lowest BCUT2D eigenvalue weighted by atomic mass is 9.80. The number of hydrogen-bond donors (Lipinski definition) is 1. The molecular formula is C31H49NO3S. The zero-order chi connectivity index (χ0) is 26.4. The van der Waals surface area contributed by atoms with Gasteiger partial charge < -0.3 is 4.74 Å². The molecule has 0 amide bonds. The number of rotatable bonds is 18. The summed E-state index contributed by atoms with van der Waals surface area (Å²) in [6.07, 6.45) is 13.3. The molecule has 0 radical (unpaired) electrons. The fraction of sp³-hybridized carbons (Fsp3) is 0.613. The molecule has 0 saturated heterocycles. The highest BCUT2D eigenvalue weighted by atomic mass is 32.2. The minimum absolute atomic E-state index is 0.114. The van der Waals surface area contributed by atoms with Crippen LogP contribution < -0.4 is 9.46 Å². The van der Waals surface area contributed by atoms with Crippen LogP contribution in [0.3, 0.4) is 0 Å². The van der Waals surface area contributed by atoms with E-state index in [4.69, 9.17) is 4.74 Å². The van der Waals surface area contributed by atoms with Gasteiger partial charge in [0.15, 0.2) is 0 Å². The van der Waals surface area contributed by atoms with E-state index in [0.29, 0.717) is 18.0 Å². The van der Waals surface area contributed by atoms with Gasteiger partial charge in [-0.25, -0.2) is 8.42 Å². The molecule has 4 nitrogen and oxygen atoms in total. The molecular weight excluding hydrogens is 466 g/mol. The molecule has 0 atom stereocenters. The normalized spacial score (nSPS) is 12.0. The van der Waals surface area contributed by atoms with Crippen LogP contribution in [0.4, 0.5) is 5.69 Å². The number of aryl methyl sites for hydroxylation is 1. The molecule has 2 aromatic carbocycles. The van der Waals surface area contributed by atoms with Crippen molar-refractivity contribution in [2.75, 3.05) is 11.3 Å². The monoisotopic (exact) mass is 515 g/mol. The van der Waals surface area contributed by atoms with Gasteiger partial charge in [0.1, 0.15) is 10.6 Å². The Labute approximate surface area is 221 Å². The third-order valence-electron chi connectivity index (χ3n) is 6.96. The molecule has 202 valence electrons. The summed E-state index contributed by atoms with van der Waals surface area (Å²) in [6.45, 7) is 11.5. The predicted octanol–water partition coefficient (Wildman–Crippen LogP) is 9.04. The van der Waals surface area contributed by atoms with Crippen LogP contribution in [0.25, 0.3) is 0 Å². The minimum Gasteiger partial charge on any atom is -0.492 e. The molecule has 2 aromatic rings. The van der Waals surface area contributed by atoms with Crippen molar-refractivity contribution in [2.24, 2.45) is 0 Å². The average molecular weight is 516 g/mol. The minimum atomic E-state index is -3.82. The van der Waals surface area contributed by atoms with Crippen LogP contribution in [0.1, 0.15) is 116 Å². The van der Waals surface area contributed by atoms with Crippen molar-refractivity contribution in [3.05, 3.63) is 53.6 Å². The highest BCUT2D eigenvalue weighted by Gasteiger charge is 2.26. The van der Waals surface area contributed by atoms with Crippen molar-refractivity contribution >= 4 is 15.7 Å². The zero-order valence-electron chi connectivity index (χ0n) is 23.4. The predicted molar refractivity (Wildman–Crippen MR) is 154 cm³/mol. The SMILES string of the molecule is CCCCCCCCOc1ccc(C(C)(C)CCCCC)cc1S(=O)(=O)Nc1ccccc1CCC. The molecule has 0 spiro atoms. The summed E-state index contributed by atoms with van der Waals surface area (Å²) in [4.78, 5) is 0.237. The van der Waals surface area contributed by atoms with E-state index in [0.717, 1.165) is 49.7 Å². The van der Waals surface area contributed by atoms with Crippen molar-refractivity contribution in [3.8, 4) is 5.75 Å². The van der Waals surface area contributed by atoms with Gasteiger partial charge in [-0.05, 0) is 54.0 Å². The highest BCUT2D eigenvalue weighted by Crippen LogP contribution is 2.35. The Kier molecular flexibility index (Phi) is 12.8. The second-order valence-corrected chi connectivity index (χ2v) is 12.3. The van der Waals surface area contributed by atoms with Gasteiger partial charge >= 0.3 is 0 Å². The number of anilines is 1. The summed E-state index contributed by atoms with van der Waals surface area (Å²) in [5.74, 6) is 0.442. The van der Waals surface area contributed by atoms with Gasteiger partial charge in [0.25, 0.3) is 10.0 Å². The zero-order valence-corrected chi connectivity index (χ0v) is 24.2. The largest absolute Gasteiger partial charge is 0.492 e. The average Bonchev–Trinajstić information content (AvgIpc) is 2.85. The van der Waals surface area contributed by atoms with Crippen molar-refractivity contribution in [1.29, 1.82) is 0 Å². The van der Waals surface area contributed by atoms with Gasteiger partial charge in [-0.15, -0.1) is 0 Å². The second kappa shape index (κ2) is 15.3. The topological polar surface area (TPSA) is 55.4 Å². The first-order chi connectivity index (χ1) is 17.2. The Balaban J connectivity index is 2.31. The van der Waals surface area contributed by atoms with E-state index in [1.54, 1.807) is 0 Å². The molecule has 0 aliphatic heterocycles. The summed E-state index contributed by atoms with van der Waals surface area (Å²) in [5, 5.41) is 0. The molecule has 0 bridgehead atoms. The molecule has 0 fully saturated rings. The number of sulfonamides is 1. The summed E-state index contributed by atoms with van der Waals surface area (Å²) in [7, 11) is -3.82. The van der Waals surface area contributed by atoms with Gasteiger partial charge in [-0.3, -0.25) is 4.72 Å². The standard InChI is InChI=1S/C31H49NO3S/c1-6-9-11-12-13-17-24-35-29-22-21-27(31(4,5)23-16-10-7-2)25-30(29)36(33,34)32-28-20-15-14-19-26(28)18-8-3/h14-15,19-22,25,32H,6-13,16-18,23-24H2,1-5H3. The molecule has 0 aromatic heterocycles. The fourth-order valence-electron chi connectivity index (χ4n) is 4.59. The quantitative estimate of drug-likeness (QED) is 0.201. The number of benzene rings is 2. The first-order valence-electron chi connectivity index (χ1n) is 14.1. The molecule has 1 N–H and O–H groups in total. The molecule has 0 aliphatic carbocycles. The Hall–Kier alpha value is -2.01. The van der Waals surface area contributed by atoms with E-state index in [2.05, 4.69) is 39.3 Å². The second-order valence-electron chi connectivity index (χ2n) is 10.6. The summed E-state index contributed by atoms with van der Waals surface area (Å²) in [6, 6.07) is 13.4. The van der Waals surface area contributed by atoms with E-state index in [1.165, 1.54) is 38.5 Å². The maximum absolute atomic E-state index is 13.7. The van der Waals surface area contributed by atoms with Crippen LogP contribution in [-0.2, 0) is 21.9 Å². The molecule has 0 heterocycles. The number of para-hydroxylation sites is 1. The number of hydrogen-bond acceptors (Lipinski definition) is 3. The lowest BCUT2D eigenvalue weighted by molar-refractivity contribution is 0.296. The molecule has 0 aliphatic rings. The molecule has 36 heavy (non-hydrogen) atoms. The van der Waals surface area contributed by atoms with Gasteiger partial charge in [0.05, 0.1) is 12.3 Å². The lowest BCUT2D eigenvalue weighted by Gasteiger charge is -2.27. The van der Waals surface area contributed by atoms with Gasteiger partial charge in [0.2, 0.25) is 0 Å². The third-order valence-corrected chi connectivity index (χ3v) is 8.34. The highest BCUT2D eigenvalue weighted by molar-refractivity contribution is 7.92. The van der Waals surface area contributed by atoms with E-state index in [9.17, 15) is 8.42 Å². The first kappa shape index (κ1) is 30.2. The van der Waals surface area contributed by atoms with E-state index < -0.39 is 10.0 Å². The Bertz CT molecular complexity index is 1010. The summed E-state index contributed by atoms with van der Waals surface area (Å²) >= 11 is 0. The fourth-order valence-corrected chi connectivity index (χ4v) is 5.86. The number of ether oxygens (including phenoxy) is 1. The Morgan fingerprint density at radius 3 is 2.19 bits per heavy atom. The van der Waals surface area contributed by atoms with E-state index in [1.807, 2.05) is 42.5 Å². The van der Waals surface area contributed by atoms with Gasteiger partial charge in [-0.1, -0.05) is 117 Å². The van der Waals surface area contributed by atoms with Crippen molar-refractivity contribution in [2.45, 2.75) is 122 Å². The van der Waals surface area contributed by atoms with Crippen molar-refractivity contribution in [1.82, 2.24) is 0 Å². The Morgan fingerprint density at radius 2 is 1.47 bits per heavy atom. The van der Waals surface area contributed by atoms with Crippen LogP contribution in [0.5, 0.6) is 5.75 Å². The van der Waals surface area contributed by atoms with Gasteiger partial charge in [-0.2, -0.15) is 0 Å². The van der Waals surface area contributed by atoms with Crippen molar-refractivity contribution in [3.63, 3.8) is 0 Å². The molecule has 2 rings (SSSR count). The summed E-state index contributed by atoms with van der Waals surface area (Å²) < 4.78 is 36.4. The third kappa shape index (κ3) is 9.46. The maximum Gasteiger partial charge on any atom is 0.265 e. The smallest absolute Gasteiger partial charge is 0.265 e. The first-order valence-corrected chi connectivity index (χ1v) is 15.6. The van der Waals surface area contributed by atoms with Crippen LogP contribution >= 0.6 is 0 Å². The van der Waals surface area contributed by atoms with Crippen molar-refractivity contribution < 1.29 is 13.2 Å². The maximum atomic E-state index is 13.7. The van der Waals surface area contributed by atoms with Crippen LogP contribution in [-0.4, -0.2) is 15.0 Å².